The zero-order valence-electron chi connectivity index (χ0n) is 12.0. The minimum Gasteiger partial charge on any atom is -0.329 e. The van der Waals surface area contributed by atoms with E-state index in [1.807, 2.05) is 4.90 Å². The highest BCUT2D eigenvalue weighted by atomic mass is 16.2. The smallest absolute Gasteiger partial charge is 0.320 e. The molecule has 0 radical (unpaired) electrons. The molecule has 0 bridgehead atoms. The highest BCUT2D eigenvalue weighted by molar-refractivity contribution is 5.74. The van der Waals surface area contributed by atoms with E-state index in [-0.39, 0.29) is 6.03 Å². The van der Waals surface area contributed by atoms with Gasteiger partial charge in [0.15, 0.2) is 0 Å². The molecule has 2 aliphatic rings. The van der Waals surface area contributed by atoms with Crippen LogP contribution in [0, 0.1) is 0 Å². The maximum atomic E-state index is 12.5. The lowest BCUT2D eigenvalue weighted by molar-refractivity contribution is 0.155. The molecule has 2 saturated heterocycles. The first-order valence-electron chi connectivity index (χ1n) is 7.77. The lowest BCUT2D eigenvalue weighted by Gasteiger charge is -2.29. The van der Waals surface area contributed by atoms with Gasteiger partial charge in [-0.05, 0) is 25.8 Å². The standard InChI is InChI=1S/C14H28N4O/c15-6-11-16-7-5-10-18(13-12-16)14(19)17-8-3-1-2-4-9-17/h1-13,15H2. The molecule has 2 amide bonds. The van der Waals surface area contributed by atoms with Gasteiger partial charge >= 0.3 is 6.03 Å². The molecule has 0 saturated carbocycles. The van der Waals surface area contributed by atoms with Crippen molar-refractivity contribution in [1.29, 1.82) is 0 Å². The zero-order chi connectivity index (χ0) is 13.5. The van der Waals surface area contributed by atoms with Crippen LogP contribution in [0.1, 0.15) is 32.1 Å². The molecule has 2 rings (SSSR count). The summed E-state index contributed by atoms with van der Waals surface area (Å²) in [5.41, 5.74) is 5.61. The lowest BCUT2D eigenvalue weighted by atomic mass is 10.2. The molecule has 5 nitrogen and oxygen atoms in total. The Morgan fingerprint density at radius 3 is 2.11 bits per heavy atom. The predicted molar refractivity (Wildman–Crippen MR) is 77.1 cm³/mol. The number of hydrogen-bond acceptors (Lipinski definition) is 3. The average Bonchev–Trinajstić information content (AvgIpc) is 2.81. The third-order valence-electron chi connectivity index (χ3n) is 4.18. The van der Waals surface area contributed by atoms with E-state index in [9.17, 15) is 4.79 Å². The molecule has 0 unspecified atom stereocenters. The van der Waals surface area contributed by atoms with Crippen molar-refractivity contribution in [2.24, 2.45) is 5.73 Å². The Labute approximate surface area is 116 Å². The van der Waals surface area contributed by atoms with Gasteiger partial charge in [0.05, 0.1) is 0 Å². The van der Waals surface area contributed by atoms with Crippen LogP contribution in [-0.4, -0.2) is 73.1 Å². The first-order valence-corrected chi connectivity index (χ1v) is 7.77. The fourth-order valence-electron chi connectivity index (χ4n) is 3.03. The second-order valence-corrected chi connectivity index (χ2v) is 5.65. The Hall–Kier alpha value is -0.810. The van der Waals surface area contributed by atoms with Crippen molar-refractivity contribution < 1.29 is 4.79 Å². The minimum atomic E-state index is 0.261. The van der Waals surface area contributed by atoms with Crippen molar-refractivity contribution in [2.45, 2.75) is 32.1 Å². The minimum absolute atomic E-state index is 0.261. The van der Waals surface area contributed by atoms with E-state index in [1.165, 1.54) is 25.7 Å². The van der Waals surface area contributed by atoms with E-state index < -0.39 is 0 Å². The number of nitrogens with zero attached hydrogens (tertiary/aromatic N) is 3. The van der Waals surface area contributed by atoms with Crippen LogP contribution in [0.2, 0.25) is 0 Å². The van der Waals surface area contributed by atoms with Gasteiger partial charge < -0.3 is 20.4 Å². The topological polar surface area (TPSA) is 52.8 Å². The molecule has 2 aliphatic heterocycles. The third kappa shape index (κ3) is 4.35. The third-order valence-corrected chi connectivity index (χ3v) is 4.18. The van der Waals surface area contributed by atoms with E-state index in [2.05, 4.69) is 9.80 Å². The Morgan fingerprint density at radius 1 is 0.789 bits per heavy atom. The molecule has 19 heavy (non-hydrogen) atoms. The van der Waals surface area contributed by atoms with Gasteiger partial charge in [-0.25, -0.2) is 4.79 Å². The van der Waals surface area contributed by atoms with Gasteiger partial charge in [-0.15, -0.1) is 0 Å². The second kappa shape index (κ2) is 7.70. The molecule has 5 heteroatoms. The van der Waals surface area contributed by atoms with Crippen LogP contribution in [0.5, 0.6) is 0 Å². The van der Waals surface area contributed by atoms with Crippen LogP contribution < -0.4 is 5.73 Å². The number of amides is 2. The molecule has 110 valence electrons. The second-order valence-electron chi connectivity index (χ2n) is 5.65. The van der Waals surface area contributed by atoms with Gasteiger partial charge in [0.2, 0.25) is 0 Å². The van der Waals surface area contributed by atoms with Gasteiger partial charge in [0.1, 0.15) is 0 Å². The zero-order valence-corrected chi connectivity index (χ0v) is 12.0. The van der Waals surface area contributed by atoms with E-state index in [4.69, 9.17) is 5.73 Å². The fraction of sp³-hybridized carbons (Fsp3) is 0.929. The maximum Gasteiger partial charge on any atom is 0.320 e. The van der Waals surface area contributed by atoms with Crippen molar-refractivity contribution in [3.8, 4) is 0 Å². The monoisotopic (exact) mass is 268 g/mol. The van der Waals surface area contributed by atoms with Crippen LogP contribution >= 0.6 is 0 Å². The number of carbonyl (C=O) groups is 1. The van der Waals surface area contributed by atoms with E-state index >= 15 is 0 Å². The Balaban J connectivity index is 1.84. The predicted octanol–water partition coefficient (Wildman–Crippen LogP) is 0.949. The Kier molecular flexibility index (Phi) is 5.92. The molecule has 2 heterocycles. The normalized spacial score (nSPS) is 23.0. The molecule has 0 aromatic rings. The van der Waals surface area contributed by atoms with Crippen LogP contribution in [0.15, 0.2) is 0 Å². The number of nitrogens with two attached hydrogens (primary N) is 1. The first-order chi connectivity index (χ1) is 9.31. The highest BCUT2D eigenvalue weighted by Gasteiger charge is 2.23. The molecule has 0 aromatic carbocycles. The summed E-state index contributed by atoms with van der Waals surface area (Å²) in [6.45, 7) is 7.35. The average molecular weight is 268 g/mol. The van der Waals surface area contributed by atoms with Gasteiger partial charge in [-0.1, -0.05) is 12.8 Å². The molecular formula is C14H28N4O. The van der Waals surface area contributed by atoms with Crippen LogP contribution in [0.25, 0.3) is 0 Å². The molecular weight excluding hydrogens is 240 g/mol. The summed E-state index contributed by atoms with van der Waals surface area (Å²) in [4.78, 5) is 19.0. The molecule has 0 aromatic heterocycles. The largest absolute Gasteiger partial charge is 0.329 e. The van der Waals surface area contributed by atoms with Crippen molar-refractivity contribution in [1.82, 2.24) is 14.7 Å². The molecule has 2 fully saturated rings. The van der Waals surface area contributed by atoms with E-state index in [1.54, 1.807) is 0 Å². The summed E-state index contributed by atoms with van der Waals surface area (Å²) in [6.07, 6.45) is 5.94. The van der Waals surface area contributed by atoms with Crippen LogP contribution in [-0.2, 0) is 0 Å². The summed E-state index contributed by atoms with van der Waals surface area (Å²) < 4.78 is 0. The Morgan fingerprint density at radius 2 is 1.42 bits per heavy atom. The van der Waals surface area contributed by atoms with Crippen molar-refractivity contribution in [3.05, 3.63) is 0 Å². The number of urea groups is 1. The molecule has 0 atom stereocenters. The quantitative estimate of drug-likeness (QED) is 0.811. The number of hydrogen-bond donors (Lipinski definition) is 1. The molecule has 0 aliphatic carbocycles. The van der Waals surface area contributed by atoms with Crippen molar-refractivity contribution in [2.75, 3.05) is 52.4 Å². The van der Waals surface area contributed by atoms with Gasteiger partial charge in [0, 0.05) is 45.8 Å². The van der Waals surface area contributed by atoms with Crippen LogP contribution in [0.4, 0.5) is 4.79 Å². The fourth-order valence-corrected chi connectivity index (χ4v) is 3.03. The van der Waals surface area contributed by atoms with Gasteiger partial charge in [-0.2, -0.15) is 0 Å². The van der Waals surface area contributed by atoms with E-state index in [0.29, 0.717) is 6.54 Å². The summed E-state index contributed by atoms with van der Waals surface area (Å²) in [5.74, 6) is 0. The number of likely N-dealkylation sites (tertiary alicyclic amines) is 1. The maximum absolute atomic E-state index is 12.5. The summed E-state index contributed by atoms with van der Waals surface area (Å²) in [7, 11) is 0. The van der Waals surface area contributed by atoms with Gasteiger partial charge in [0.25, 0.3) is 0 Å². The number of carbonyl (C=O) groups excluding carboxylic acids is 1. The summed E-state index contributed by atoms with van der Waals surface area (Å²) in [6, 6.07) is 0.261. The summed E-state index contributed by atoms with van der Waals surface area (Å²) in [5, 5.41) is 0. The molecule has 0 spiro atoms. The number of rotatable bonds is 2. The van der Waals surface area contributed by atoms with Crippen LogP contribution in [0.3, 0.4) is 0 Å². The summed E-state index contributed by atoms with van der Waals surface area (Å²) >= 11 is 0. The SMILES string of the molecule is NCCN1CCCN(C(=O)N2CCCCCC2)CC1. The Bertz CT molecular complexity index is 277. The lowest BCUT2D eigenvalue weighted by Crippen LogP contribution is -2.45. The molecule has 2 N–H and O–H groups in total. The van der Waals surface area contributed by atoms with Gasteiger partial charge in [-0.3, -0.25) is 0 Å². The highest BCUT2D eigenvalue weighted by Crippen LogP contribution is 2.13. The van der Waals surface area contributed by atoms with E-state index in [0.717, 1.165) is 52.2 Å². The van der Waals surface area contributed by atoms with Crippen molar-refractivity contribution in [3.63, 3.8) is 0 Å². The first kappa shape index (κ1) is 14.6. The van der Waals surface area contributed by atoms with Crippen molar-refractivity contribution >= 4 is 6.03 Å².